The van der Waals surface area contributed by atoms with Gasteiger partial charge in [-0.3, -0.25) is 4.99 Å². The van der Waals surface area contributed by atoms with Crippen LogP contribution in [0.15, 0.2) is 4.99 Å². The quantitative estimate of drug-likeness (QED) is 0.198. The molecule has 0 bridgehead atoms. The average molecular weight is 469 g/mol. The molecule has 0 radical (unpaired) electrons. The van der Waals surface area contributed by atoms with Gasteiger partial charge in [0, 0.05) is 46.6 Å². The van der Waals surface area contributed by atoms with E-state index in [1.807, 2.05) is 0 Å². The second kappa shape index (κ2) is 15.0. The van der Waals surface area contributed by atoms with Crippen molar-refractivity contribution in [3.63, 3.8) is 0 Å². The van der Waals surface area contributed by atoms with Crippen LogP contribution in [0.25, 0.3) is 0 Å². The maximum atomic E-state index is 5.62. The van der Waals surface area contributed by atoms with Crippen LogP contribution in [0.3, 0.4) is 0 Å². The predicted octanol–water partition coefficient (Wildman–Crippen LogP) is 3.82. The molecule has 1 saturated carbocycles. The standard InChI is InChI=1S/C19H39N3O2.HI/c1-5-20-18(21-12-8-13-24-15-17(2)3)22-16-19(11-14-23-4)9-6-7-10-19;/h17H,5-16H2,1-4H3,(H2,20,21,22);1H. The molecule has 0 aliphatic heterocycles. The highest BCUT2D eigenvalue weighted by Gasteiger charge is 2.33. The molecule has 2 N–H and O–H groups in total. The Morgan fingerprint density at radius 2 is 1.88 bits per heavy atom. The molecule has 0 unspecified atom stereocenters. The molecule has 0 amide bonds. The van der Waals surface area contributed by atoms with Crippen molar-refractivity contribution in [1.29, 1.82) is 0 Å². The summed E-state index contributed by atoms with van der Waals surface area (Å²) < 4.78 is 10.9. The minimum Gasteiger partial charge on any atom is -0.385 e. The molecule has 0 aromatic carbocycles. The predicted molar refractivity (Wildman–Crippen MR) is 117 cm³/mol. The number of methoxy groups -OCH3 is 1. The number of nitrogens with one attached hydrogen (secondary N) is 2. The summed E-state index contributed by atoms with van der Waals surface area (Å²) in [5.41, 5.74) is 0.346. The molecule has 0 aromatic rings. The fourth-order valence-electron chi connectivity index (χ4n) is 3.22. The van der Waals surface area contributed by atoms with Gasteiger partial charge in [0.2, 0.25) is 0 Å². The lowest BCUT2D eigenvalue weighted by Gasteiger charge is -2.27. The number of hydrogen-bond acceptors (Lipinski definition) is 3. The molecular formula is C19H40IN3O2. The summed E-state index contributed by atoms with van der Waals surface area (Å²) in [5, 5.41) is 6.79. The Kier molecular flexibility index (Phi) is 15.0. The monoisotopic (exact) mass is 469 g/mol. The van der Waals surface area contributed by atoms with Crippen LogP contribution in [-0.2, 0) is 9.47 Å². The molecule has 6 heteroatoms. The van der Waals surface area contributed by atoms with Gasteiger partial charge in [-0.25, -0.2) is 0 Å². The highest BCUT2D eigenvalue weighted by atomic mass is 127. The van der Waals surface area contributed by atoms with Crippen molar-refractivity contribution >= 4 is 29.9 Å². The summed E-state index contributed by atoms with van der Waals surface area (Å²) >= 11 is 0. The highest BCUT2D eigenvalue weighted by molar-refractivity contribution is 14.0. The second-order valence-corrected chi connectivity index (χ2v) is 7.39. The lowest BCUT2D eigenvalue weighted by atomic mass is 9.83. The average Bonchev–Trinajstić information content (AvgIpc) is 3.03. The Labute approximate surface area is 172 Å². The molecule has 0 heterocycles. The van der Waals surface area contributed by atoms with Crippen molar-refractivity contribution in [2.24, 2.45) is 16.3 Å². The number of aliphatic imine (C=N–C) groups is 1. The summed E-state index contributed by atoms with van der Waals surface area (Å²) in [6.07, 6.45) is 7.35. The van der Waals surface area contributed by atoms with Crippen LogP contribution >= 0.6 is 24.0 Å². The maximum absolute atomic E-state index is 5.62. The number of hydrogen-bond donors (Lipinski definition) is 2. The van der Waals surface area contributed by atoms with Crippen LogP contribution in [0.5, 0.6) is 0 Å². The SMILES string of the molecule is CCNC(=NCC1(CCOC)CCCC1)NCCCOCC(C)C.I. The fourth-order valence-corrected chi connectivity index (χ4v) is 3.22. The van der Waals surface area contributed by atoms with E-state index in [1.54, 1.807) is 7.11 Å². The molecule has 0 atom stereocenters. The van der Waals surface area contributed by atoms with Crippen LogP contribution in [0.2, 0.25) is 0 Å². The van der Waals surface area contributed by atoms with E-state index in [2.05, 4.69) is 31.4 Å². The van der Waals surface area contributed by atoms with Gasteiger partial charge in [0.25, 0.3) is 0 Å². The van der Waals surface area contributed by atoms with Gasteiger partial charge in [-0.1, -0.05) is 26.7 Å². The molecule has 1 fully saturated rings. The number of guanidine groups is 1. The van der Waals surface area contributed by atoms with E-state index in [4.69, 9.17) is 14.5 Å². The molecular weight excluding hydrogens is 429 g/mol. The third kappa shape index (κ3) is 11.3. The van der Waals surface area contributed by atoms with Crippen LogP contribution in [0, 0.1) is 11.3 Å². The van der Waals surface area contributed by atoms with E-state index in [0.717, 1.165) is 58.3 Å². The van der Waals surface area contributed by atoms with E-state index < -0.39 is 0 Å². The molecule has 0 saturated heterocycles. The number of halogens is 1. The van der Waals surface area contributed by atoms with Crippen LogP contribution < -0.4 is 10.6 Å². The smallest absolute Gasteiger partial charge is 0.191 e. The maximum Gasteiger partial charge on any atom is 0.191 e. The Hall–Kier alpha value is -0.0800. The van der Waals surface area contributed by atoms with Gasteiger partial charge in [0.15, 0.2) is 5.96 Å². The number of rotatable bonds is 12. The van der Waals surface area contributed by atoms with Crippen molar-refractivity contribution in [2.75, 3.05) is 46.6 Å². The minimum atomic E-state index is 0. The van der Waals surface area contributed by atoms with E-state index in [-0.39, 0.29) is 24.0 Å². The fraction of sp³-hybridized carbons (Fsp3) is 0.947. The number of ether oxygens (including phenoxy) is 2. The van der Waals surface area contributed by atoms with Gasteiger partial charge in [0.05, 0.1) is 0 Å². The Balaban J connectivity index is 0.00000576. The summed E-state index contributed by atoms with van der Waals surface area (Å²) in [6.45, 7) is 11.6. The van der Waals surface area contributed by atoms with E-state index in [1.165, 1.54) is 25.7 Å². The Morgan fingerprint density at radius 1 is 1.16 bits per heavy atom. The normalized spacial score (nSPS) is 16.8. The van der Waals surface area contributed by atoms with Crippen LogP contribution in [0.4, 0.5) is 0 Å². The number of nitrogens with zero attached hydrogens (tertiary/aromatic N) is 1. The van der Waals surface area contributed by atoms with E-state index >= 15 is 0 Å². The third-order valence-electron chi connectivity index (χ3n) is 4.63. The molecule has 1 aliphatic carbocycles. The lowest BCUT2D eigenvalue weighted by molar-refractivity contribution is 0.108. The highest BCUT2D eigenvalue weighted by Crippen LogP contribution is 2.41. The molecule has 25 heavy (non-hydrogen) atoms. The molecule has 0 aromatic heterocycles. The second-order valence-electron chi connectivity index (χ2n) is 7.39. The molecule has 1 rings (SSSR count). The zero-order valence-corrected chi connectivity index (χ0v) is 19.1. The molecule has 1 aliphatic rings. The summed E-state index contributed by atoms with van der Waals surface area (Å²) in [7, 11) is 1.79. The van der Waals surface area contributed by atoms with Gasteiger partial charge >= 0.3 is 0 Å². The summed E-state index contributed by atoms with van der Waals surface area (Å²) in [4.78, 5) is 4.86. The first-order chi connectivity index (χ1) is 11.6. The van der Waals surface area contributed by atoms with E-state index in [0.29, 0.717) is 11.3 Å². The topological polar surface area (TPSA) is 54.9 Å². The Bertz CT molecular complexity index is 346. The van der Waals surface area contributed by atoms with E-state index in [9.17, 15) is 0 Å². The third-order valence-corrected chi connectivity index (χ3v) is 4.63. The first-order valence-electron chi connectivity index (χ1n) is 9.71. The first kappa shape index (κ1) is 24.9. The van der Waals surface area contributed by atoms with Crippen molar-refractivity contribution in [3.8, 4) is 0 Å². The van der Waals surface area contributed by atoms with Crippen LogP contribution in [-0.4, -0.2) is 52.5 Å². The minimum absolute atomic E-state index is 0. The van der Waals surface area contributed by atoms with Crippen molar-refractivity contribution in [2.45, 2.75) is 59.3 Å². The van der Waals surface area contributed by atoms with Gasteiger partial charge in [-0.15, -0.1) is 24.0 Å². The zero-order valence-electron chi connectivity index (χ0n) is 16.7. The van der Waals surface area contributed by atoms with Crippen molar-refractivity contribution in [3.05, 3.63) is 0 Å². The Morgan fingerprint density at radius 3 is 2.48 bits per heavy atom. The summed E-state index contributed by atoms with van der Waals surface area (Å²) in [6, 6.07) is 0. The van der Waals surface area contributed by atoms with Crippen LogP contribution in [0.1, 0.15) is 59.3 Å². The molecule has 5 nitrogen and oxygen atoms in total. The van der Waals surface area contributed by atoms with Gasteiger partial charge in [0.1, 0.15) is 0 Å². The van der Waals surface area contributed by atoms with Crippen molar-refractivity contribution < 1.29 is 9.47 Å². The van der Waals surface area contributed by atoms with Crippen molar-refractivity contribution in [1.82, 2.24) is 10.6 Å². The summed E-state index contributed by atoms with van der Waals surface area (Å²) in [5.74, 6) is 1.54. The largest absolute Gasteiger partial charge is 0.385 e. The zero-order chi connectivity index (χ0) is 17.7. The first-order valence-corrected chi connectivity index (χ1v) is 9.71. The van der Waals surface area contributed by atoms with Gasteiger partial charge in [-0.2, -0.15) is 0 Å². The molecule has 150 valence electrons. The lowest BCUT2D eigenvalue weighted by Crippen LogP contribution is -2.39. The van der Waals surface area contributed by atoms with Gasteiger partial charge in [-0.05, 0) is 43.9 Å². The molecule has 0 spiro atoms. The van der Waals surface area contributed by atoms with Gasteiger partial charge < -0.3 is 20.1 Å².